The van der Waals surface area contributed by atoms with Crippen LogP contribution in [0.5, 0.6) is 0 Å². The zero-order chi connectivity index (χ0) is 13.0. The number of aliphatic hydroxyl groups is 1. The number of hydrogen-bond acceptors (Lipinski definition) is 2. The average Bonchev–Trinajstić information content (AvgIpc) is 2.67. The van der Waals surface area contributed by atoms with Crippen molar-refractivity contribution >= 4 is 5.69 Å². The molecule has 1 N–H and O–H groups in total. The summed E-state index contributed by atoms with van der Waals surface area (Å²) in [6.07, 6.45) is 7.27. The molecular formula is C16H25NO. The first-order valence-electron chi connectivity index (χ1n) is 7.14. The van der Waals surface area contributed by atoms with E-state index in [1.165, 1.54) is 44.2 Å². The van der Waals surface area contributed by atoms with E-state index in [-0.39, 0.29) is 6.10 Å². The molecule has 1 fully saturated rings. The van der Waals surface area contributed by atoms with Crippen LogP contribution in [-0.4, -0.2) is 19.2 Å². The molecule has 18 heavy (non-hydrogen) atoms. The van der Waals surface area contributed by atoms with Crippen molar-refractivity contribution in [3.05, 3.63) is 29.8 Å². The molecule has 1 unspecified atom stereocenters. The standard InChI is InChI=1S/C16H25NO/c1-17(2)15-11-7-10-14(12-15)16(18)13-8-5-3-4-6-9-13/h7,10-13,16,18H,3-6,8-9H2,1-2H3. The lowest BCUT2D eigenvalue weighted by Gasteiger charge is -2.23. The third-order valence-corrected chi connectivity index (χ3v) is 4.07. The molecule has 1 aliphatic carbocycles. The third kappa shape index (κ3) is 3.26. The fourth-order valence-corrected chi connectivity index (χ4v) is 2.89. The van der Waals surface area contributed by atoms with Crippen molar-refractivity contribution in [1.29, 1.82) is 0 Å². The molecule has 1 atom stereocenters. The number of aliphatic hydroxyl groups excluding tert-OH is 1. The van der Waals surface area contributed by atoms with E-state index in [1.54, 1.807) is 0 Å². The van der Waals surface area contributed by atoms with Crippen LogP contribution < -0.4 is 4.90 Å². The molecule has 0 bridgehead atoms. The average molecular weight is 247 g/mol. The molecule has 2 rings (SSSR count). The topological polar surface area (TPSA) is 23.5 Å². The SMILES string of the molecule is CN(C)c1cccc(C(O)C2CCCCCC2)c1. The second kappa shape index (κ2) is 6.24. The highest BCUT2D eigenvalue weighted by Gasteiger charge is 2.22. The van der Waals surface area contributed by atoms with Crippen molar-refractivity contribution in [2.45, 2.75) is 44.6 Å². The molecule has 0 amide bonds. The van der Waals surface area contributed by atoms with Gasteiger partial charge in [0.1, 0.15) is 0 Å². The number of hydrogen-bond donors (Lipinski definition) is 1. The van der Waals surface area contributed by atoms with E-state index in [1.807, 2.05) is 20.2 Å². The van der Waals surface area contributed by atoms with Gasteiger partial charge in [0.2, 0.25) is 0 Å². The van der Waals surface area contributed by atoms with E-state index >= 15 is 0 Å². The fourth-order valence-electron chi connectivity index (χ4n) is 2.89. The molecule has 0 aromatic heterocycles. The molecule has 1 aromatic carbocycles. The lowest BCUT2D eigenvalue weighted by molar-refractivity contribution is 0.0988. The van der Waals surface area contributed by atoms with Crippen molar-refractivity contribution in [2.75, 3.05) is 19.0 Å². The molecule has 2 nitrogen and oxygen atoms in total. The maximum absolute atomic E-state index is 10.6. The number of anilines is 1. The van der Waals surface area contributed by atoms with Gasteiger partial charge in [-0.3, -0.25) is 0 Å². The molecule has 1 saturated carbocycles. The summed E-state index contributed by atoms with van der Waals surface area (Å²) in [4.78, 5) is 2.09. The van der Waals surface area contributed by atoms with E-state index < -0.39 is 0 Å². The predicted octanol–water partition coefficient (Wildman–Crippen LogP) is 3.76. The lowest BCUT2D eigenvalue weighted by atomic mass is 9.89. The van der Waals surface area contributed by atoms with Crippen LogP contribution in [0.1, 0.15) is 50.2 Å². The van der Waals surface area contributed by atoms with Crippen molar-refractivity contribution in [2.24, 2.45) is 5.92 Å². The van der Waals surface area contributed by atoms with Gasteiger partial charge in [0.25, 0.3) is 0 Å². The summed E-state index contributed by atoms with van der Waals surface area (Å²) in [5.74, 6) is 0.449. The summed E-state index contributed by atoms with van der Waals surface area (Å²) in [5.41, 5.74) is 2.24. The molecule has 0 aliphatic heterocycles. The predicted molar refractivity (Wildman–Crippen MR) is 76.9 cm³/mol. The minimum Gasteiger partial charge on any atom is -0.388 e. The van der Waals surface area contributed by atoms with Crippen LogP contribution in [0.4, 0.5) is 5.69 Å². The van der Waals surface area contributed by atoms with Gasteiger partial charge in [-0.1, -0.05) is 37.8 Å². The Morgan fingerprint density at radius 2 is 1.78 bits per heavy atom. The quantitative estimate of drug-likeness (QED) is 0.822. The highest BCUT2D eigenvalue weighted by Crippen LogP contribution is 2.34. The van der Waals surface area contributed by atoms with Crippen LogP contribution in [-0.2, 0) is 0 Å². The van der Waals surface area contributed by atoms with E-state index in [0.717, 1.165) is 5.56 Å². The van der Waals surface area contributed by atoms with E-state index in [4.69, 9.17) is 0 Å². The molecule has 2 heteroatoms. The summed E-state index contributed by atoms with van der Waals surface area (Å²) in [5, 5.41) is 10.6. The van der Waals surface area contributed by atoms with Gasteiger partial charge in [0.15, 0.2) is 0 Å². The van der Waals surface area contributed by atoms with Crippen molar-refractivity contribution in [3.8, 4) is 0 Å². The second-order valence-electron chi connectivity index (χ2n) is 5.69. The highest BCUT2D eigenvalue weighted by molar-refractivity contribution is 5.47. The summed E-state index contributed by atoms with van der Waals surface area (Å²) < 4.78 is 0. The lowest BCUT2D eigenvalue weighted by Crippen LogP contribution is -2.14. The molecule has 0 radical (unpaired) electrons. The van der Waals surface area contributed by atoms with Crippen molar-refractivity contribution in [1.82, 2.24) is 0 Å². The smallest absolute Gasteiger partial charge is 0.0818 e. The first-order valence-corrected chi connectivity index (χ1v) is 7.14. The first-order chi connectivity index (χ1) is 8.68. The van der Waals surface area contributed by atoms with E-state index in [2.05, 4.69) is 23.1 Å². The molecule has 100 valence electrons. The molecule has 0 heterocycles. The summed E-state index contributed by atoms with van der Waals surface area (Å²) in [6.45, 7) is 0. The Bertz CT molecular complexity index is 367. The van der Waals surface area contributed by atoms with Crippen LogP contribution in [0.15, 0.2) is 24.3 Å². The summed E-state index contributed by atoms with van der Waals surface area (Å²) in [6, 6.07) is 8.31. The second-order valence-corrected chi connectivity index (χ2v) is 5.69. The van der Waals surface area contributed by atoms with Crippen molar-refractivity contribution in [3.63, 3.8) is 0 Å². The molecular weight excluding hydrogens is 222 g/mol. The van der Waals surface area contributed by atoms with Gasteiger partial charge in [-0.05, 0) is 36.5 Å². The molecule has 0 spiro atoms. The van der Waals surface area contributed by atoms with Gasteiger partial charge < -0.3 is 10.0 Å². The Morgan fingerprint density at radius 1 is 1.11 bits per heavy atom. The van der Waals surface area contributed by atoms with Crippen LogP contribution in [0.3, 0.4) is 0 Å². The monoisotopic (exact) mass is 247 g/mol. The van der Waals surface area contributed by atoms with Gasteiger partial charge in [-0.25, -0.2) is 0 Å². The molecule has 1 aromatic rings. The minimum atomic E-state index is -0.289. The first kappa shape index (κ1) is 13.4. The van der Waals surface area contributed by atoms with Crippen LogP contribution in [0, 0.1) is 5.92 Å². The number of rotatable bonds is 3. The van der Waals surface area contributed by atoms with Gasteiger partial charge in [0, 0.05) is 19.8 Å². The minimum absolute atomic E-state index is 0.289. The van der Waals surface area contributed by atoms with Crippen LogP contribution in [0.2, 0.25) is 0 Å². The normalized spacial score (nSPS) is 19.3. The van der Waals surface area contributed by atoms with Gasteiger partial charge in [-0.2, -0.15) is 0 Å². The highest BCUT2D eigenvalue weighted by atomic mass is 16.3. The fraction of sp³-hybridized carbons (Fsp3) is 0.625. The third-order valence-electron chi connectivity index (χ3n) is 4.07. The van der Waals surface area contributed by atoms with Gasteiger partial charge in [0.05, 0.1) is 6.10 Å². The summed E-state index contributed by atoms with van der Waals surface area (Å²) in [7, 11) is 4.08. The zero-order valence-corrected chi connectivity index (χ0v) is 11.6. The Hall–Kier alpha value is -1.02. The molecule has 1 aliphatic rings. The van der Waals surface area contributed by atoms with E-state index in [9.17, 15) is 5.11 Å². The Morgan fingerprint density at radius 3 is 2.39 bits per heavy atom. The van der Waals surface area contributed by atoms with E-state index in [0.29, 0.717) is 5.92 Å². The summed E-state index contributed by atoms with van der Waals surface area (Å²) >= 11 is 0. The van der Waals surface area contributed by atoms with Gasteiger partial charge in [-0.15, -0.1) is 0 Å². The molecule has 0 saturated heterocycles. The Labute approximate surface area is 111 Å². The number of benzene rings is 1. The number of nitrogens with zero attached hydrogens (tertiary/aromatic N) is 1. The Kier molecular flexibility index (Phi) is 4.65. The maximum Gasteiger partial charge on any atom is 0.0818 e. The maximum atomic E-state index is 10.6. The van der Waals surface area contributed by atoms with Crippen LogP contribution in [0.25, 0.3) is 0 Å². The van der Waals surface area contributed by atoms with Crippen molar-refractivity contribution < 1.29 is 5.11 Å². The largest absolute Gasteiger partial charge is 0.388 e. The Balaban J connectivity index is 2.11. The van der Waals surface area contributed by atoms with Crippen LogP contribution >= 0.6 is 0 Å². The van der Waals surface area contributed by atoms with Gasteiger partial charge >= 0.3 is 0 Å². The zero-order valence-electron chi connectivity index (χ0n) is 11.6.